The minimum absolute atomic E-state index is 0.232. The second-order valence-corrected chi connectivity index (χ2v) is 6.76. The molecule has 5 heteroatoms. The monoisotopic (exact) mass is 339 g/mol. The summed E-state index contributed by atoms with van der Waals surface area (Å²) in [6.45, 7) is 5.67. The highest BCUT2D eigenvalue weighted by atomic mass is 16.4. The number of piperidine rings is 1. The number of benzene rings is 1. The lowest BCUT2D eigenvalue weighted by atomic mass is 9.97. The number of hydrogen-bond donors (Lipinski definition) is 1. The van der Waals surface area contributed by atoms with Crippen LogP contribution in [0.1, 0.15) is 37.4 Å². The van der Waals surface area contributed by atoms with Crippen LogP contribution in [-0.2, 0) is 11.2 Å². The Morgan fingerprint density at radius 3 is 2.48 bits per heavy atom. The molecule has 0 atom stereocenters. The van der Waals surface area contributed by atoms with Gasteiger partial charge in [0.25, 0.3) is 0 Å². The van der Waals surface area contributed by atoms with E-state index in [0.29, 0.717) is 12.8 Å². The average Bonchev–Trinajstić information content (AvgIpc) is 2.62. The number of aryl methyl sites for hydroxylation is 2. The molecule has 0 bridgehead atoms. The van der Waals surface area contributed by atoms with E-state index in [1.807, 2.05) is 0 Å². The summed E-state index contributed by atoms with van der Waals surface area (Å²) in [6.07, 6.45) is 3.29. The van der Waals surface area contributed by atoms with E-state index < -0.39 is 5.97 Å². The average molecular weight is 339 g/mol. The molecule has 5 nitrogen and oxygen atoms in total. The summed E-state index contributed by atoms with van der Waals surface area (Å²) in [5, 5.41) is 9.18. The summed E-state index contributed by atoms with van der Waals surface area (Å²) in [6, 6.07) is 10.3. The summed E-state index contributed by atoms with van der Waals surface area (Å²) in [5.41, 5.74) is 3.28. The predicted octanol–water partition coefficient (Wildman–Crippen LogP) is 3.71. The molecule has 1 aromatic heterocycles. The molecule has 1 aromatic carbocycles. The number of rotatable bonds is 5. The fraction of sp³-hybridized carbons (Fsp3) is 0.450. The maximum Gasteiger partial charge on any atom is 0.306 e. The molecule has 0 radical (unpaired) electrons. The van der Waals surface area contributed by atoms with Crippen molar-refractivity contribution in [2.75, 3.05) is 18.0 Å². The van der Waals surface area contributed by atoms with E-state index in [-0.39, 0.29) is 5.92 Å². The Balaban J connectivity index is 1.88. The lowest BCUT2D eigenvalue weighted by Gasteiger charge is -2.31. The Morgan fingerprint density at radius 1 is 1.20 bits per heavy atom. The molecule has 3 rings (SSSR count). The van der Waals surface area contributed by atoms with Gasteiger partial charge < -0.3 is 10.0 Å². The van der Waals surface area contributed by atoms with Gasteiger partial charge in [-0.3, -0.25) is 4.79 Å². The Morgan fingerprint density at radius 2 is 1.88 bits per heavy atom. The third-order valence-electron chi connectivity index (χ3n) is 4.75. The second kappa shape index (κ2) is 7.64. The van der Waals surface area contributed by atoms with Gasteiger partial charge in [0.2, 0.25) is 0 Å². The molecule has 1 saturated heterocycles. The minimum atomic E-state index is -0.686. The van der Waals surface area contributed by atoms with Crippen LogP contribution in [0.3, 0.4) is 0 Å². The first-order chi connectivity index (χ1) is 12.1. The number of carboxylic acids is 1. The SMILES string of the molecule is CCCc1cc(N2CCC(C(=O)O)CC2)nc(-c2ccc(C)cc2)n1. The fourth-order valence-corrected chi connectivity index (χ4v) is 3.22. The van der Waals surface area contributed by atoms with Gasteiger partial charge in [0.05, 0.1) is 5.92 Å². The first kappa shape index (κ1) is 17.4. The van der Waals surface area contributed by atoms with E-state index >= 15 is 0 Å². The third kappa shape index (κ3) is 4.16. The molecule has 1 aliphatic heterocycles. The largest absolute Gasteiger partial charge is 0.481 e. The standard InChI is InChI=1S/C20H25N3O2/c1-3-4-17-13-18(23-11-9-16(10-12-23)20(24)25)22-19(21-17)15-7-5-14(2)6-8-15/h5-8,13,16H,3-4,9-12H2,1-2H3,(H,24,25). The van der Waals surface area contributed by atoms with Gasteiger partial charge in [-0.1, -0.05) is 43.2 Å². The van der Waals surface area contributed by atoms with Crippen molar-refractivity contribution in [3.63, 3.8) is 0 Å². The van der Waals surface area contributed by atoms with Crippen LogP contribution in [0.5, 0.6) is 0 Å². The van der Waals surface area contributed by atoms with Crippen LogP contribution in [0, 0.1) is 12.8 Å². The van der Waals surface area contributed by atoms with Crippen molar-refractivity contribution >= 4 is 11.8 Å². The van der Waals surface area contributed by atoms with Crippen LogP contribution in [0.2, 0.25) is 0 Å². The molecule has 0 saturated carbocycles. The van der Waals surface area contributed by atoms with Crippen LogP contribution in [0.4, 0.5) is 5.82 Å². The minimum Gasteiger partial charge on any atom is -0.481 e. The molecular formula is C20H25N3O2. The van der Waals surface area contributed by atoms with Crippen LogP contribution >= 0.6 is 0 Å². The molecule has 25 heavy (non-hydrogen) atoms. The Kier molecular flexibility index (Phi) is 5.31. The number of nitrogens with zero attached hydrogens (tertiary/aromatic N) is 3. The molecule has 1 aliphatic rings. The van der Waals surface area contributed by atoms with Gasteiger partial charge in [0.1, 0.15) is 5.82 Å². The molecule has 0 aliphatic carbocycles. The number of carbonyl (C=O) groups is 1. The molecule has 1 N–H and O–H groups in total. The summed E-state index contributed by atoms with van der Waals surface area (Å²) >= 11 is 0. The van der Waals surface area contributed by atoms with E-state index in [4.69, 9.17) is 9.97 Å². The quantitative estimate of drug-likeness (QED) is 0.899. The number of hydrogen-bond acceptors (Lipinski definition) is 4. The summed E-state index contributed by atoms with van der Waals surface area (Å²) in [7, 11) is 0. The van der Waals surface area contributed by atoms with Gasteiger partial charge in [0.15, 0.2) is 5.82 Å². The van der Waals surface area contributed by atoms with E-state index in [0.717, 1.165) is 48.8 Å². The fourth-order valence-electron chi connectivity index (χ4n) is 3.22. The summed E-state index contributed by atoms with van der Waals surface area (Å²) in [5.74, 6) is 0.748. The number of anilines is 1. The zero-order chi connectivity index (χ0) is 17.8. The van der Waals surface area contributed by atoms with Crippen molar-refractivity contribution in [3.05, 3.63) is 41.6 Å². The highest BCUT2D eigenvalue weighted by Crippen LogP contribution is 2.25. The van der Waals surface area contributed by atoms with E-state index in [2.05, 4.69) is 49.1 Å². The molecule has 132 valence electrons. The van der Waals surface area contributed by atoms with Gasteiger partial charge in [-0.25, -0.2) is 9.97 Å². The number of aliphatic carboxylic acids is 1. The topological polar surface area (TPSA) is 66.3 Å². The van der Waals surface area contributed by atoms with Crippen molar-refractivity contribution in [1.82, 2.24) is 9.97 Å². The van der Waals surface area contributed by atoms with Crippen molar-refractivity contribution < 1.29 is 9.90 Å². The lowest BCUT2D eigenvalue weighted by molar-refractivity contribution is -0.142. The van der Waals surface area contributed by atoms with E-state index in [1.165, 1.54) is 5.56 Å². The molecule has 0 unspecified atom stereocenters. The van der Waals surface area contributed by atoms with Gasteiger partial charge in [-0.15, -0.1) is 0 Å². The predicted molar refractivity (Wildman–Crippen MR) is 98.8 cm³/mol. The Bertz CT molecular complexity index is 735. The van der Waals surface area contributed by atoms with Gasteiger partial charge in [-0.05, 0) is 26.2 Å². The lowest BCUT2D eigenvalue weighted by Crippen LogP contribution is -2.37. The summed E-state index contributed by atoms with van der Waals surface area (Å²) in [4.78, 5) is 22.9. The number of aromatic nitrogens is 2. The maximum atomic E-state index is 11.2. The zero-order valence-corrected chi connectivity index (χ0v) is 14.9. The van der Waals surface area contributed by atoms with Gasteiger partial charge in [-0.2, -0.15) is 0 Å². The maximum absolute atomic E-state index is 11.2. The van der Waals surface area contributed by atoms with Crippen molar-refractivity contribution in [2.24, 2.45) is 5.92 Å². The zero-order valence-electron chi connectivity index (χ0n) is 14.9. The van der Waals surface area contributed by atoms with E-state index in [9.17, 15) is 9.90 Å². The summed E-state index contributed by atoms with van der Waals surface area (Å²) < 4.78 is 0. The highest BCUT2D eigenvalue weighted by molar-refractivity contribution is 5.70. The highest BCUT2D eigenvalue weighted by Gasteiger charge is 2.25. The first-order valence-corrected chi connectivity index (χ1v) is 8.99. The van der Waals surface area contributed by atoms with Crippen LogP contribution < -0.4 is 4.90 Å². The van der Waals surface area contributed by atoms with Crippen molar-refractivity contribution in [2.45, 2.75) is 39.5 Å². The van der Waals surface area contributed by atoms with Crippen LogP contribution in [0.25, 0.3) is 11.4 Å². The van der Waals surface area contributed by atoms with Crippen LogP contribution in [0.15, 0.2) is 30.3 Å². The first-order valence-electron chi connectivity index (χ1n) is 8.99. The second-order valence-electron chi connectivity index (χ2n) is 6.76. The van der Waals surface area contributed by atoms with Gasteiger partial charge in [0, 0.05) is 30.4 Å². The Hall–Kier alpha value is -2.43. The molecule has 2 aromatic rings. The molecular weight excluding hydrogens is 314 g/mol. The van der Waals surface area contributed by atoms with E-state index in [1.54, 1.807) is 0 Å². The normalized spacial score (nSPS) is 15.4. The van der Waals surface area contributed by atoms with Crippen molar-refractivity contribution in [3.8, 4) is 11.4 Å². The van der Waals surface area contributed by atoms with Crippen LogP contribution in [-0.4, -0.2) is 34.1 Å². The molecule has 0 spiro atoms. The molecule has 2 heterocycles. The third-order valence-corrected chi connectivity index (χ3v) is 4.75. The Labute approximate surface area is 148 Å². The molecule has 0 amide bonds. The molecule has 1 fully saturated rings. The van der Waals surface area contributed by atoms with Gasteiger partial charge >= 0.3 is 5.97 Å². The smallest absolute Gasteiger partial charge is 0.306 e. The number of carboxylic acid groups (broad SMARTS) is 1. The van der Waals surface area contributed by atoms with Crippen molar-refractivity contribution in [1.29, 1.82) is 0 Å².